The molecule has 1 aliphatic rings. The van der Waals surface area contributed by atoms with Crippen molar-refractivity contribution in [3.63, 3.8) is 0 Å². The minimum absolute atomic E-state index is 0.211. The largest absolute Gasteiger partial charge is 0.327 e. The zero-order valence-corrected chi connectivity index (χ0v) is 10.6. The number of fused-ring (bicyclic) bond motifs is 1. The van der Waals surface area contributed by atoms with Gasteiger partial charge in [0.15, 0.2) is 5.82 Å². The van der Waals surface area contributed by atoms with Crippen molar-refractivity contribution in [2.75, 3.05) is 0 Å². The minimum atomic E-state index is -0.622. The molecule has 0 N–H and O–H groups in total. The van der Waals surface area contributed by atoms with Crippen LogP contribution in [0.25, 0.3) is 11.0 Å². The molecule has 1 aromatic carbocycles. The van der Waals surface area contributed by atoms with Crippen molar-refractivity contribution >= 4 is 22.6 Å². The molecule has 1 saturated carbocycles. The topological polar surface area (TPSA) is 17.8 Å². The van der Waals surface area contributed by atoms with Crippen molar-refractivity contribution in [1.82, 2.24) is 9.55 Å². The van der Waals surface area contributed by atoms with Crippen LogP contribution in [0.15, 0.2) is 12.1 Å². The summed E-state index contributed by atoms with van der Waals surface area (Å²) in [6, 6.07) is 2.20. The molecule has 0 aliphatic heterocycles. The fourth-order valence-corrected chi connectivity index (χ4v) is 2.64. The third-order valence-electron chi connectivity index (χ3n) is 3.64. The van der Waals surface area contributed by atoms with Crippen molar-refractivity contribution in [1.29, 1.82) is 0 Å². The molecule has 2 aromatic rings. The van der Waals surface area contributed by atoms with E-state index in [0.717, 1.165) is 12.6 Å². The van der Waals surface area contributed by atoms with Gasteiger partial charge in [-0.15, -0.1) is 11.6 Å². The first kappa shape index (κ1) is 11.9. The Hall–Kier alpha value is -1.16. The average molecular weight is 271 g/mol. The number of nitrogens with zero attached hydrogens (tertiary/aromatic N) is 2. The Kier molecular flexibility index (Phi) is 2.98. The van der Waals surface area contributed by atoms with Crippen LogP contribution in [0.5, 0.6) is 0 Å². The van der Waals surface area contributed by atoms with E-state index in [1.54, 1.807) is 0 Å². The number of hydrogen-bond donors (Lipinski definition) is 0. The first-order chi connectivity index (χ1) is 8.69. The first-order valence-corrected chi connectivity index (χ1v) is 6.62. The van der Waals surface area contributed by atoms with Crippen LogP contribution in [0.4, 0.5) is 8.78 Å². The number of aromatic nitrogens is 2. The highest BCUT2D eigenvalue weighted by Gasteiger charge is 2.22. The summed E-state index contributed by atoms with van der Waals surface area (Å²) in [7, 11) is 0. The summed E-state index contributed by atoms with van der Waals surface area (Å²) in [5.74, 6) is 0.209. The second-order valence-corrected chi connectivity index (χ2v) is 5.09. The summed E-state index contributed by atoms with van der Waals surface area (Å²) in [4.78, 5) is 4.17. The molecule has 0 unspecified atom stereocenters. The normalized spacial score (nSPS) is 16.2. The molecule has 2 nitrogen and oxygen atoms in total. The molecule has 0 saturated heterocycles. The lowest BCUT2D eigenvalue weighted by Gasteiger charge is -2.26. The van der Waals surface area contributed by atoms with Crippen molar-refractivity contribution < 1.29 is 8.78 Å². The van der Waals surface area contributed by atoms with Crippen LogP contribution in [0.2, 0.25) is 0 Å². The predicted molar refractivity (Wildman–Crippen MR) is 66.5 cm³/mol. The van der Waals surface area contributed by atoms with E-state index < -0.39 is 11.6 Å². The second-order valence-electron chi connectivity index (χ2n) is 4.82. The smallest absolute Gasteiger partial charge is 0.153 e. The van der Waals surface area contributed by atoms with Crippen molar-refractivity contribution in [3.8, 4) is 0 Å². The van der Waals surface area contributed by atoms with Gasteiger partial charge in [-0.25, -0.2) is 13.8 Å². The van der Waals surface area contributed by atoms with Crippen LogP contribution in [-0.2, 0) is 12.4 Å². The third kappa shape index (κ3) is 1.88. The Labute approximate surface area is 109 Å². The highest BCUT2D eigenvalue weighted by atomic mass is 35.5. The molecule has 0 amide bonds. The van der Waals surface area contributed by atoms with Gasteiger partial charge in [0.2, 0.25) is 0 Å². The maximum atomic E-state index is 13.7. The molecule has 0 atom stereocenters. The van der Waals surface area contributed by atoms with E-state index in [1.165, 1.54) is 25.3 Å². The number of hydrogen-bond acceptors (Lipinski definition) is 1. The van der Waals surface area contributed by atoms with Crippen LogP contribution in [0.3, 0.4) is 0 Å². The molecule has 1 fully saturated rings. The summed E-state index contributed by atoms with van der Waals surface area (Å²) < 4.78 is 28.8. The summed E-state index contributed by atoms with van der Waals surface area (Å²) in [6.07, 6.45) is 3.56. The molecule has 5 heteroatoms. The van der Waals surface area contributed by atoms with E-state index in [1.807, 2.05) is 4.57 Å². The molecule has 0 radical (unpaired) electrons. The molecule has 1 aromatic heterocycles. The Morgan fingerprint density at radius 2 is 2.11 bits per heavy atom. The highest BCUT2D eigenvalue weighted by molar-refractivity contribution is 6.16. The molecular formula is C13H13ClF2N2. The Bertz CT molecular complexity index is 590. The lowest BCUT2D eigenvalue weighted by atomic mass is 9.85. The van der Waals surface area contributed by atoms with Crippen LogP contribution in [-0.4, -0.2) is 9.55 Å². The molecule has 96 valence electrons. The Morgan fingerprint density at radius 3 is 2.72 bits per heavy atom. The van der Waals surface area contributed by atoms with Crippen LogP contribution in [0, 0.1) is 17.6 Å². The van der Waals surface area contributed by atoms with Crippen molar-refractivity contribution in [2.24, 2.45) is 5.92 Å². The predicted octanol–water partition coefficient (Wildman–Crippen LogP) is 3.85. The van der Waals surface area contributed by atoms with Gasteiger partial charge in [0.1, 0.15) is 17.2 Å². The Balaban J connectivity index is 2.13. The molecule has 18 heavy (non-hydrogen) atoms. The molecule has 1 heterocycles. The van der Waals surface area contributed by atoms with E-state index in [9.17, 15) is 8.78 Å². The van der Waals surface area contributed by atoms with Crippen LogP contribution < -0.4 is 0 Å². The number of imidazole rings is 1. The summed E-state index contributed by atoms with van der Waals surface area (Å²) >= 11 is 5.84. The number of alkyl halides is 1. The molecule has 3 rings (SSSR count). The quantitative estimate of drug-likeness (QED) is 0.775. The number of rotatable bonds is 3. The fourth-order valence-electron chi connectivity index (χ4n) is 2.44. The summed E-state index contributed by atoms with van der Waals surface area (Å²) in [6.45, 7) is 0.751. The molecule has 1 aliphatic carbocycles. The SMILES string of the molecule is Fc1cc(F)c2nc(CCl)n(CC3CCC3)c2c1. The van der Waals surface area contributed by atoms with Gasteiger partial charge >= 0.3 is 0 Å². The van der Waals surface area contributed by atoms with E-state index in [2.05, 4.69) is 4.98 Å². The monoisotopic (exact) mass is 270 g/mol. The number of benzene rings is 1. The van der Waals surface area contributed by atoms with Gasteiger partial charge in [0, 0.05) is 12.6 Å². The maximum absolute atomic E-state index is 13.7. The van der Waals surface area contributed by atoms with Gasteiger partial charge in [-0.05, 0) is 24.8 Å². The standard InChI is InChI=1S/C13H13ClF2N2/c14-6-12-17-13-10(16)4-9(15)5-11(13)18(12)7-8-2-1-3-8/h4-5,8H,1-3,6-7H2. The second kappa shape index (κ2) is 4.50. The minimum Gasteiger partial charge on any atom is -0.327 e. The zero-order valence-electron chi connectivity index (χ0n) is 9.80. The number of halogens is 3. The maximum Gasteiger partial charge on any atom is 0.153 e. The molecule has 0 bridgehead atoms. The van der Waals surface area contributed by atoms with Gasteiger partial charge in [0.25, 0.3) is 0 Å². The van der Waals surface area contributed by atoms with Crippen LogP contribution >= 0.6 is 11.6 Å². The van der Waals surface area contributed by atoms with Crippen molar-refractivity contribution in [3.05, 3.63) is 29.6 Å². The van der Waals surface area contributed by atoms with Gasteiger partial charge in [-0.1, -0.05) is 6.42 Å². The Morgan fingerprint density at radius 1 is 1.33 bits per heavy atom. The van der Waals surface area contributed by atoms with Gasteiger partial charge < -0.3 is 4.57 Å². The van der Waals surface area contributed by atoms with Crippen LogP contribution in [0.1, 0.15) is 25.1 Å². The fraction of sp³-hybridized carbons (Fsp3) is 0.462. The van der Waals surface area contributed by atoms with Gasteiger partial charge in [-0.2, -0.15) is 0 Å². The van der Waals surface area contributed by atoms with E-state index in [-0.39, 0.29) is 11.4 Å². The molecular weight excluding hydrogens is 258 g/mol. The summed E-state index contributed by atoms with van der Waals surface area (Å²) in [5, 5.41) is 0. The highest BCUT2D eigenvalue weighted by Crippen LogP contribution is 2.31. The van der Waals surface area contributed by atoms with E-state index >= 15 is 0 Å². The summed E-state index contributed by atoms with van der Waals surface area (Å²) in [5.41, 5.74) is 0.724. The average Bonchev–Trinajstić information content (AvgIpc) is 2.62. The van der Waals surface area contributed by atoms with Crippen molar-refractivity contribution in [2.45, 2.75) is 31.7 Å². The van der Waals surface area contributed by atoms with Gasteiger partial charge in [-0.3, -0.25) is 0 Å². The lowest BCUT2D eigenvalue weighted by molar-refractivity contribution is 0.277. The molecule has 0 spiro atoms. The first-order valence-electron chi connectivity index (χ1n) is 6.09. The lowest BCUT2D eigenvalue weighted by Crippen LogP contribution is -2.19. The zero-order chi connectivity index (χ0) is 12.7. The van der Waals surface area contributed by atoms with Gasteiger partial charge in [0.05, 0.1) is 11.4 Å². The third-order valence-corrected chi connectivity index (χ3v) is 3.88. The van der Waals surface area contributed by atoms with E-state index in [4.69, 9.17) is 11.6 Å². The van der Waals surface area contributed by atoms with E-state index in [0.29, 0.717) is 17.3 Å².